The lowest BCUT2D eigenvalue weighted by molar-refractivity contribution is 0.282. The second-order valence-corrected chi connectivity index (χ2v) is 7.12. The number of hydrogen-bond acceptors (Lipinski definition) is 4. The van der Waals surface area contributed by atoms with Gasteiger partial charge >= 0.3 is 0 Å². The zero-order valence-corrected chi connectivity index (χ0v) is 14.7. The first-order valence-corrected chi connectivity index (χ1v) is 8.72. The first kappa shape index (κ1) is 17.1. The van der Waals surface area contributed by atoms with E-state index in [1.165, 1.54) is 15.4 Å². The van der Waals surface area contributed by atoms with Crippen LogP contribution in [0.3, 0.4) is 0 Å². The van der Waals surface area contributed by atoms with E-state index < -0.39 is 0 Å². The Balaban J connectivity index is 1.88. The molecule has 1 aromatic heterocycles. The van der Waals surface area contributed by atoms with E-state index >= 15 is 0 Å². The number of aromatic nitrogens is 1. The third-order valence-electron chi connectivity index (χ3n) is 3.81. The molecule has 0 aliphatic rings. The van der Waals surface area contributed by atoms with Gasteiger partial charge in [-0.2, -0.15) is 0 Å². The minimum Gasteiger partial charge on any atom is -0.392 e. The molecule has 0 fully saturated rings. The molecule has 0 radical (unpaired) electrons. The van der Waals surface area contributed by atoms with Crippen LogP contribution in [0.5, 0.6) is 0 Å². The van der Waals surface area contributed by atoms with Crippen molar-refractivity contribution >= 4 is 11.3 Å². The summed E-state index contributed by atoms with van der Waals surface area (Å²) < 4.78 is 0. The number of benzene rings is 1. The summed E-state index contributed by atoms with van der Waals surface area (Å²) in [6.45, 7) is 9.74. The SMILES string of the molecule is Cc1nc(C(C)C)sc1C(C)NCCc1ccc(CO)cc1. The lowest BCUT2D eigenvalue weighted by Crippen LogP contribution is -2.21. The molecular weight excluding hydrogens is 292 g/mol. The molecule has 22 heavy (non-hydrogen) atoms. The van der Waals surface area contributed by atoms with Crippen molar-refractivity contribution in [2.24, 2.45) is 0 Å². The Labute approximate surface area is 137 Å². The van der Waals surface area contributed by atoms with Crippen molar-refractivity contribution in [1.82, 2.24) is 10.3 Å². The number of nitrogens with one attached hydrogen (secondary N) is 1. The highest BCUT2D eigenvalue weighted by Crippen LogP contribution is 2.29. The largest absolute Gasteiger partial charge is 0.392 e. The van der Waals surface area contributed by atoms with Gasteiger partial charge < -0.3 is 10.4 Å². The average Bonchev–Trinajstić information content (AvgIpc) is 2.90. The second-order valence-electron chi connectivity index (χ2n) is 6.06. The van der Waals surface area contributed by atoms with Gasteiger partial charge in [-0.1, -0.05) is 38.1 Å². The molecular formula is C18H26N2OS. The molecule has 2 aromatic rings. The van der Waals surface area contributed by atoms with E-state index in [4.69, 9.17) is 5.11 Å². The van der Waals surface area contributed by atoms with Gasteiger partial charge in [-0.3, -0.25) is 0 Å². The van der Waals surface area contributed by atoms with E-state index in [-0.39, 0.29) is 6.61 Å². The van der Waals surface area contributed by atoms with Gasteiger partial charge in [-0.15, -0.1) is 11.3 Å². The standard InChI is InChI=1S/C18H26N2OS/c1-12(2)18-20-14(4)17(22-18)13(3)19-10-9-15-5-7-16(11-21)8-6-15/h5-8,12-13,19,21H,9-11H2,1-4H3. The molecule has 0 amide bonds. The Morgan fingerprint density at radius 3 is 2.32 bits per heavy atom. The van der Waals surface area contributed by atoms with Gasteiger partial charge in [0.05, 0.1) is 17.3 Å². The van der Waals surface area contributed by atoms with Gasteiger partial charge in [0, 0.05) is 16.8 Å². The van der Waals surface area contributed by atoms with Crippen molar-refractivity contribution < 1.29 is 5.11 Å². The summed E-state index contributed by atoms with van der Waals surface area (Å²) in [4.78, 5) is 6.02. The molecule has 2 N–H and O–H groups in total. The number of rotatable bonds is 7. The van der Waals surface area contributed by atoms with E-state index in [0.29, 0.717) is 12.0 Å². The smallest absolute Gasteiger partial charge is 0.0956 e. The second kappa shape index (κ2) is 7.86. The fourth-order valence-electron chi connectivity index (χ4n) is 2.42. The van der Waals surface area contributed by atoms with Gasteiger partial charge in [0.15, 0.2) is 0 Å². The lowest BCUT2D eigenvalue weighted by atomic mass is 10.1. The zero-order valence-electron chi connectivity index (χ0n) is 13.9. The van der Waals surface area contributed by atoms with Crippen LogP contribution in [0.2, 0.25) is 0 Å². The van der Waals surface area contributed by atoms with Crippen LogP contribution in [0.15, 0.2) is 24.3 Å². The molecule has 0 saturated heterocycles. The molecule has 1 heterocycles. The van der Waals surface area contributed by atoms with Crippen LogP contribution in [0, 0.1) is 6.92 Å². The summed E-state index contributed by atoms with van der Waals surface area (Å²) in [6, 6.07) is 8.49. The highest BCUT2D eigenvalue weighted by molar-refractivity contribution is 7.11. The van der Waals surface area contributed by atoms with Crippen LogP contribution >= 0.6 is 11.3 Å². The van der Waals surface area contributed by atoms with Gasteiger partial charge in [0.1, 0.15) is 0 Å². The molecule has 1 atom stereocenters. The molecule has 120 valence electrons. The Bertz CT molecular complexity index is 590. The predicted molar refractivity (Wildman–Crippen MR) is 93.4 cm³/mol. The van der Waals surface area contributed by atoms with Crippen molar-refractivity contribution in [1.29, 1.82) is 0 Å². The van der Waals surface area contributed by atoms with Crippen molar-refractivity contribution in [2.75, 3.05) is 6.54 Å². The lowest BCUT2D eigenvalue weighted by Gasteiger charge is -2.13. The number of aliphatic hydroxyl groups excluding tert-OH is 1. The Kier molecular flexibility index (Phi) is 6.12. The maximum Gasteiger partial charge on any atom is 0.0956 e. The third-order valence-corrected chi connectivity index (χ3v) is 5.45. The summed E-state index contributed by atoms with van der Waals surface area (Å²) in [7, 11) is 0. The van der Waals surface area contributed by atoms with E-state index in [2.05, 4.69) is 50.1 Å². The number of thiazole rings is 1. The van der Waals surface area contributed by atoms with Crippen molar-refractivity contribution in [3.8, 4) is 0 Å². The summed E-state index contributed by atoms with van der Waals surface area (Å²) in [5.74, 6) is 0.495. The van der Waals surface area contributed by atoms with E-state index in [0.717, 1.165) is 24.2 Å². The Morgan fingerprint density at radius 1 is 1.14 bits per heavy atom. The summed E-state index contributed by atoms with van der Waals surface area (Å²) in [5, 5.41) is 13.9. The Morgan fingerprint density at radius 2 is 1.77 bits per heavy atom. The van der Waals surface area contributed by atoms with Crippen molar-refractivity contribution in [2.45, 2.75) is 52.7 Å². The maximum atomic E-state index is 9.05. The van der Waals surface area contributed by atoms with Crippen LogP contribution in [0.25, 0.3) is 0 Å². The fraction of sp³-hybridized carbons (Fsp3) is 0.500. The number of nitrogens with zero attached hydrogens (tertiary/aromatic N) is 1. The quantitative estimate of drug-likeness (QED) is 0.812. The fourth-order valence-corrected chi connectivity index (χ4v) is 3.51. The molecule has 1 aromatic carbocycles. The van der Waals surface area contributed by atoms with E-state index in [1.54, 1.807) is 0 Å². The Hall–Kier alpha value is -1.23. The van der Waals surface area contributed by atoms with Crippen molar-refractivity contribution in [3.63, 3.8) is 0 Å². The summed E-state index contributed by atoms with van der Waals surface area (Å²) in [5.41, 5.74) is 3.41. The van der Waals surface area contributed by atoms with Gasteiger partial charge in [0.25, 0.3) is 0 Å². The van der Waals surface area contributed by atoms with Gasteiger partial charge in [-0.05, 0) is 37.9 Å². The van der Waals surface area contributed by atoms with Crippen LogP contribution < -0.4 is 5.32 Å². The predicted octanol–water partition coefficient (Wildman–Crippen LogP) is 3.96. The molecule has 0 aliphatic heterocycles. The topological polar surface area (TPSA) is 45.2 Å². The molecule has 0 aliphatic carbocycles. The zero-order chi connectivity index (χ0) is 16.1. The minimum absolute atomic E-state index is 0.110. The van der Waals surface area contributed by atoms with Crippen LogP contribution in [-0.4, -0.2) is 16.6 Å². The van der Waals surface area contributed by atoms with Crippen LogP contribution in [0.4, 0.5) is 0 Å². The van der Waals surface area contributed by atoms with E-state index in [9.17, 15) is 0 Å². The monoisotopic (exact) mass is 318 g/mol. The molecule has 0 saturated carbocycles. The first-order valence-electron chi connectivity index (χ1n) is 7.90. The van der Waals surface area contributed by atoms with Crippen LogP contribution in [-0.2, 0) is 13.0 Å². The molecule has 2 rings (SSSR count). The van der Waals surface area contributed by atoms with Gasteiger partial charge in [-0.25, -0.2) is 4.98 Å². The molecule has 4 heteroatoms. The number of aryl methyl sites for hydroxylation is 1. The normalized spacial score (nSPS) is 12.8. The number of hydrogen-bond donors (Lipinski definition) is 2. The molecule has 0 spiro atoms. The third kappa shape index (κ3) is 4.38. The minimum atomic E-state index is 0.110. The molecule has 1 unspecified atom stereocenters. The average molecular weight is 318 g/mol. The van der Waals surface area contributed by atoms with Crippen LogP contribution in [0.1, 0.15) is 59.4 Å². The summed E-state index contributed by atoms with van der Waals surface area (Å²) in [6.07, 6.45) is 0.991. The summed E-state index contributed by atoms with van der Waals surface area (Å²) >= 11 is 1.83. The van der Waals surface area contributed by atoms with E-state index in [1.807, 2.05) is 23.5 Å². The highest BCUT2D eigenvalue weighted by Gasteiger charge is 2.15. The highest BCUT2D eigenvalue weighted by atomic mass is 32.1. The molecule has 3 nitrogen and oxygen atoms in total. The molecule has 0 bridgehead atoms. The van der Waals surface area contributed by atoms with Crippen molar-refractivity contribution in [3.05, 3.63) is 51.0 Å². The maximum absolute atomic E-state index is 9.05. The number of aliphatic hydroxyl groups is 1. The first-order chi connectivity index (χ1) is 10.5. The van der Waals surface area contributed by atoms with Gasteiger partial charge in [0.2, 0.25) is 0 Å².